The van der Waals surface area contributed by atoms with Crippen LogP contribution in [0.2, 0.25) is 0 Å². The molecule has 3 heteroatoms. The highest BCUT2D eigenvalue weighted by atomic mass is 16.1. The van der Waals surface area contributed by atoms with Crippen LogP contribution in [-0.4, -0.2) is 4.98 Å². The Morgan fingerprint density at radius 2 is 1.62 bits per heavy atom. The van der Waals surface area contributed by atoms with E-state index in [9.17, 15) is 4.79 Å². The van der Waals surface area contributed by atoms with Gasteiger partial charge in [-0.05, 0) is 31.0 Å². The second-order valence-electron chi connectivity index (χ2n) is 7.06. The summed E-state index contributed by atoms with van der Waals surface area (Å²) in [5, 5.41) is 4.55. The summed E-state index contributed by atoms with van der Waals surface area (Å²) in [7, 11) is 0. The van der Waals surface area contributed by atoms with E-state index in [0.29, 0.717) is 0 Å². The average molecular weight is 316 g/mol. The Kier molecular flexibility index (Phi) is 2.87. The summed E-state index contributed by atoms with van der Waals surface area (Å²) in [5.74, 6) is 0. The lowest BCUT2D eigenvalue weighted by Gasteiger charge is -2.43. The van der Waals surface area contributed by atoms with Crippen molar-refractivity contribution in [1.29, 1.82) is 0 Å². The predicted octanol–water partition coefficient (Wildman–Crippen LogP) is 4.78. The van der Waals surface area contributed by atoms with Crippen molar-refractivity contribution >= 4 is 16.6 Å². The summed E-state index contributed by atoms with van der Waals surface area (Å²) in [4.78, 5) is 17.0. The Labute approximate surface area is 140 Å². The summed E-state index contributed by atoms with van der Waals surface area (Å²) in [5.41, 5.74) is 5.07. The van der Waals surface area contributed by atoms with Crippen molar-refractivity contribution in [1.82, 2.24) is 4.98 Å². The van der Waals surface area contributed by atoms with Crippen molar-refractivity contribution in [2.75, 3.05) is 5.32 Å². The van der Waals surface area contributed by atoms with Crippen LogP contribution in [0.5, 0.6) is 0 Å². The molecule has 2 heterocycles. The average Bonchev–Trinajstić information content (AvgIpc) is 2.62. The topological polar surface area (TPSA) is 44.9 Å². The quantitative estimate of drug-likeness (QED) is 0.627. The number of para-hydroxylation sites is 2. The Morgan fingerprint density at radius 3 is 2.50 bits per heavy atom. The monoisotopic (exact) mass is 316 g/mol. The lowest BCUT2D eigenvalue weighted by Crippen LogP contribution is -2.44. The van der Waals surface area contributed by atoms with Crippen molar-refractivity contribution in [3.8, 4) is 11.3 Å². The number of fused-ring (bicyclic) bond motifs is 5. The van der Waals surface area contributed by atoms with Gasteiger partial charge in [-0.3, -0.25) is 4.79 Å². The normalized spacial score (nSPS) is 18.0. The molecule has 1 aliphatic carbocycles. The Morgan fingerprint density at radius 1 is 0.875 bits per heavy atom. The molecule has 1 fully saturated rings. The van der Waals surface area contributed by atoms with E-state index in [1.165, 1.54) is 19.3 Å². The highest BCUT2D eigenvalue weighted by Crippen LogP contribution is 2.48. The number of rotatable bonds is 0. The van der Waals surface area contributed by atoms with Crippen LogP contribution in [0.15, 0.2) is 53.3 Å². The lowest BCUT2D eigenvalue weighted by molar-refractivity contribution is 0.327. The van der Waals surface area contributed by atoms with Crippen LogP contribution >= 0.6 is 0 Å². The molecule has 2 N–H and O–H groups in total. The maximum atomic E-state index is 13.4. The lowest BCUT2D eigenvalue weighted by atomic mass is 9.72. The summed E-state index contributed by atoms with van der Waals surface area (Å²) in [6.45, 7) is 0. The minimum absolute atomic E-state index is 0.184. The van der Waals surface area contributed by atoms with Gasteiger partial charge in [0.25, 0.3) is 0 Å². The molecule has 5 rings (SSSR count). The Hall–Kier alpha value is -2.55. The van der Waals surface area contributed by atoms with Crippen molar-refractivity contribution in [2.24, 2.45) is 0 Å². The molecule has 2 aliphatic rings. The third-order valence-electron chi connectivity index (χ3n) is 5.66. The van der Waals surface area contributed by atoms with Gasteiger partial charge in [-0.15, -0.1) is 0 Å². The maximum absolute atomic E-state index is 13.4. The van der Waals surface area contributed by atoms with E-state index in [1.807, 2.05) is 30.3 Å². The minimum Gasteiger partial charge on any atom is -0.375 e. The van der Waals surface area contributed by atoms with Crippen molar-refractivity contribution in [2.45, 2.75) is 37.6 Å². The zero-order valence-electron chi connectivity index (χ0n) is 13.6. The van der Waals surface area contributed by atoms with E-state index in [4.69, 9.17) is 0 Å². The number of hydrogen-bond acceptors (Lipinski definition) is 2. The van der Waals surface area contributed by atoms with Crippen LogP contribution in [0.3, 0.4) is 0 Å². The van der Waals surface area contributed by atoms with E-state index in [-0.39, 0.29) is 11.0 Å². The molecule has 1 aliphatic heterocycles. The fourth-order valence-electron chi connectivity index (χ4n) is 4.55. The second kappa shape index (κ2) is 4.97. The largest absolute Gasteiger partial charge is 0.375 e. The van der Waals surface area contributed by atoms with Gasteiger partial charge in [-0.2, -0.15) is 0 Å². The third-order valence-corrected chi connectivity index (χ3v) is 5.66. The molecule has 3 nitrogen and oxygen atoms in total. The molecule has 0 amide bonds. The Bertz CT molecular complexity index is 996. The summed E-state index contributed by atoms with van der Waals surface area (Å²) in [6.07, 6.45) is 5.64. The van der Waals surface area contributed by atoms with Crippen molar-refractivity contribution in [3.63, 3.8) is 0 Å². The van der Waals surface area contributed by atoms with Gasteiger partial charge in [0.15, 0.2) is 5.43 Å². The number of aromatic nitrogens is 1. The molecular formula is C21H20N2O. The molecule has 0 saturated heterocycles. The first-order valence-corrected chi connectivity index (χ1v) is 8.82. The molecular weight excluding hydrogens is 296 g/mol. The summed E-state index contributed by atoms with van der Waals surface area (Å²) >= 11 is 0. The molecule has 1 saturated carbocycles. The van der Waals surface area contributed by atoms with Crippen molar-refractivity contribution < 1.29 is 0 Å². The first kappa shape index (κ1) is 13.8. The first-order valence-electron chi connectivity index (χ1n) is 8.82. The molecule has 0 unspecified atom stereocenters. The zero-order valence-corrected chi connectivity index (χ0v) is 13.6. The molecule has 1 aromatic heterocycles. The van der Waals surface area contributed by atoms with Gasteiger partial charge in [0.1, 0.15) is 0 Å². The van der Waals surface area contributed by atoms with Crippen molar-refractivity contribution in [3.05, 3.63) is 64.3 Å². The van der Waals surface area contributed by atoms with E-state index in [0.717, 1.165) is 46.3 Å². The number of pyridine rings is 1. The molecule has 0 atom stereocenters. The van der Waals surface area contributed by atoms with Gasteiger partial charge >= 0.3 is 0 Å². The van der Waals surface area contributed by atoms with E-state index >= 15 is 0 Å². The highest BCUT2D eigenvalue weighted by Gasteiger charge is 2.42. The predicted molar refractivity (Wildman–Crippen MR) is 98.4 cm³/mol. The number of hydrogen-bond donors (Lipinski definition) is 2. The van der Waals surface area contributed by atoms with Crippen LogP contribution in [0.1, 0.15) is 37.7 Å². The highest BCUT2D eigenvalue weighted by molar-refractivity contribution is 5.89. The number of anilines is 1. The molecule has 1 spiro atoms. The summed E-state index contributed by atoms with van der Waals surface area (Å²) in [6, 6.07) is 16.2. The van der Waals surface area contributed by atoms with E-state index < -0.39 is 0 Å². The molecule has 0 bridgehead atoms. The smallest absolute Gasteiger partial charge is 0.195 e. The SMILES string of the molecule is O=c1c2c([nH]c3ccccc13)-c1ccccc1NC21CCCCC1. The molecule has 0 radical (unpaired) electrons. The zero-order chi connectivity index (χ0) is 16.1. The minimum atomic E-state index is -0.223. The van der Waals surface area contributed by atoms with Crippen LogP contribution in [0.25, 0.3) is 22.2 Å². The second-order valence-corrected chi connectivity index (χ2v) is 7.06. The van der Waals surface area contributed by atoms with Crippen LogP contribution in [0.4, 0.5) is 5.69 Å². The van der Waals surface area contributed by atoms with Crippen LogP contribution in [0, 0.1) is 0 Å². The third kappa shape index (κ3) is 1.81. The molecule has 3 aromatic rings. The number of aromatic amines is 1. The number of benzene rings is 2. The number of nitrogens with one attached hydrogen (secondary N) is 2. The van der Waals surface area contributed by atoms with E-state index in [1.54, 1.807) is 0 Å². The standard InChI is InChI=1S/C21H20N2O/c24-20-15-9-3-4-10-16(15)22-19-14-8-2-5-11-17(14)23-21(18(19)20)12-6-1-7-13-21/h2-5,8-11,23H,1,6-7,12-13H2,(H,22,24). The van der Waals surface area contributed by atoms with Gasteiger partial charge < -0.3 is 10.3 Å². The molecule has 2 aromatic carbocycles. The van der Waals surface area contributed by atoms with Gasteiger partial charge in [0.05, 0.1) is 11.2 Å². The summed E-state index contributed by atoms with van der Waals surface area (Å²) < 4.78 is 0. The first-order chi connectivity index (χ1) is 11.8. The van der Waals surface area contributed by atoms with Crippen LogP contribution in [-0.2, 0) is 5.54 Å². The fraction of sp³-hybridized carbons (Fsp3) is 0.286. The van der Waals surface area contributed by atoms with Gasteiger partial charge in [0, 0.05) is 27.7 Å². The maximum Gasteiger partial charge on any atom is 0.195 e. The fourth-order valence-corrected chi connectivity index (χ4v) is 4.55. The van der Waals surface area contributed by atoms with Gasteiger partial charge in [0.2, 0.25) is 0 Å². The molecule has 24 heavy (non-hydrogen) atoms. The Balaban J connectivity index is 1.91. The van der Waals surface area contributed by atoms with Gasteiger partial charge in [-0.1, -0.05) is 49.6 Å². The van der Waals surface area contributed by atoms with Crippen LogP contribution < -0.4 is 10.7 Å². The van der Waals surface area contributed by atoms with Gasteiger partial charge in [-0.25, -0.2) is 0 Å². The van der Waals surface area contributed by atoms with E-state index in [2.05, 4.69) is 28.5 Å². The number of H-pyrrole nitrogens is 1. The molecule has 120 valence electrons.